The van der Waals surface area contributed by atoms with E-state index in [4.69, 9.17) is 15.6 Å². The lowest BCUT2D eigenvalue weighted by atomic mass is 10.1. The molecule has 0 heterocycles. The smallest absolute Gasteiger partial charge is 0.338 e. The molecule has 0 aliphatic heterocycles. The van der Waals surface area contributed by atoms with E-state index >= 15 is 0 Å². The fourth-order valence-corrected chi connectivity index (χ4v) is 1.73. The topological polar surface area (TPSA) is 72.6 Å². The normalized spacial score (nSPS) is 10.3. The molecule has 4 nitrogen and oxygen atoms in total. The predicted octanol–water partition coefficient (Wildman–Crippen LogP) is 2.29. The summed E-state index contributed by atoms with van der Waals surface area (Å²) in [5.41, 5.74) is 7.67. The third-order valence-electron chi connectivity index (χ3n) is 2.76. The number of aryl methyl sites for hydroxylation is 1. The molecule has 0 aliphatic rings. The van der Waals surface area contributed by atoms with Crippen molar-refractivity contribution in [3.05, 3.63) is 29.3 Å². The van der Waals surface area contributed by atoms with Gasteiger partial charge in [-0.25, -0.2) is 4.79 Å². The van der Waals surface area contributed by atoms with Gasteiger partial charge < -0.3 is 15.6 Å². The van der Waals surface area contributed by atoms with Gasteiger partial charge in [0.25, 0.3) is 0 Å². The monoisotopic (exact) mass is 251 g/mol. The number of rotatable bonds is 7. The summed E-state index contributed by atoms with van der Waals surface area (Å²) in [7, 11) is 0. The van der Waals surface area contributed by atoms with Crippen LogP contribution in [-0.4, -0.2) is 24.3 Å². The number of nitrogens with two attached hydrogens (primary N) is 1. The molecule has 0 atom stereocenters. The molecule has 0 spiro atoms. The first-order chi connectivity index (χ1) is 8.65. The Labute approximate surface area is 108 Å². The number of carbonyl (C=O) groups is 1. The zero-order valence-electron chi connectivity index (χ0n) is 10.8. The summed E-state index contributed by atoms with van der Waals surface area (Å²) in [5, 5.41) is 8.62. The average molecular weight is 251 g/mol. The van der Waals surface area contributed by atoms with Crippen LogP contribution in [0.15, 0.2) is 18.2 Å². The molecule has 100 valence electrons. The number of carbonyl (C=O) groups excluding carboxylic acids is 1. The van der Waals surface area contributed by atoms with Crippen LogP contribution >= 0.6 is 0 Å². The van der Waals surface area contributed by atoms with Crippen molar-refractivity contribution in [2.45, 2.75) is 32.6 Å². The molecule has 1 aromatic rings. The van der Waals surface area contributed by atoms with Gasteiger partial charge in [0.15, 0.2) is 0 Å². The van der Waals surface area contributed by atoms with Gasteiger partial charge in [-0.15, -0.1) is 0 Å². The highest BCUT2D eigenvalue weighted by Crippen LogP contribution is 2.13. The first-order valence-corrected chi connectivity index (χ1v) is 6.29. The summed E-state index contributed by atoms with van der Waals surface area (Å²) in [6.07, 6.45) is 3.58. The van der Waals surface area contributed by atoms with Gasteiger partial charge in [0, 0.05) is 12.3 Å². The van der Waals surface area contributed by atoms with Gasteiger partial charge in [-0.1, -0.05) is 6.42 Å². The number of esters is 1. The number of aliphatic hydroxyl groups excluding tert-OH is 1. The fraction of sp³-hybridized carbons (Fsp3) is 0.500. The highest BCUT2D eigenvalue weighted by Gasteiger charge is 2.09. The Morgan fingerprint density at radius 2 is 2.00 bits per heavy atom. The molecule has 0 saturated heterocycles. The van der Waals surface area contributed by atoms with Gasteiger partial charge in [0.2, 0.25) is 0 Å². The molecule has 0 bridgehead atoms. The van der Waals surface area contributed by atoms with E-state index < -0.39 is 0 Å². The van der Waals surface area contributed by atoms with Crippen LogP contribution in [0.5, 0.6) is 0 Å². The van der Waals surface area contributed by atoms with Crippen molar-refractivity contribution in [3.63, 3.8) is 0 Å². The Balaban J connectivity index is 2.32. The van der Waals surface area contributed by atoms with Gasteiger partial charge in [-0.3, -0.25) is 0 Å². The molecular formula is C14H21NO3. The van der Waals surface area contributed by atoms with Crippen LogP contribution in [0.4, 0.5) is 5.69 Å². The van der Waals surface area contributed by atoms with Crippen LogP contribution in [0.25, 0.3) is 0 Å². The Morgan fingerprint density at radius 3 is 2.67 bits per heavy atom. The van der Waals surface area contributed by atoms with E-state index in [1.807, 2.05) is 6.92 Å². The number of hydrogen-bond donors (Lipinski definition) is 2. The van der Waals surface area contributed by atoms with Crippen LogP contribution in [0, 0.1) is 6.92 Å². The first kappa shape index (κ1) is 14.5. The minimum atomic E-state index is -0.297. The number of nitrogen functional groups attached to an aromatic ring is 1. The summed E-state index contributed by atoms with van der Waals surface area (Å²) in [6.45, 7) is 2.49. The quantitative estimate of drug-likeness (QED) is 0.443. The second-order valence-corrected chi connectivity index (χ2v) is 4.35. The number of hydrogen-bond acceptors (Lipinski definition) is 4. The maximum absolute atomic E-state index is 11.8. The average Bonchev–Trinajstić information content (AvgIpc) is 2.33. The molecule has 3 N–H and O–H groups in total. The third kappa shape index (κ3) is 4.75. The zero-order chi connectivity index (χ0) is 13.4. The van der Waals surface area contributed by atoms with E-state index in [1.54, 1.807) is 18.2 Å². The highest BCUT2D eigenvalue weighted by atomic mass is 16.5. The van der Waals surface area contributed by atoms with Gasteiger partial charge in [0.05, 0.1) is 12.2 Å². The summed E-state index contributed by atoms with van der Waals surface area (Å²) >= 11 is 0. The zero-order valence-corrected chi connectivity index (χ0v) is 10.8. The van der Waals surface area contributed by atoms with Crippen LogP contribution in [-0.2, 0) is 4.74 Å². The summed E-state index contributed by atoms with van der Waals surface area (Å²) in [6, 6.07) is 5.15. The van der Waals surface area contributed by atoms with E-state index in [2.05, 4.69) is 0 Å². The molecule has 0 saturated carbocycles. The molecular weight excluding hydrogens is 230 g/mol. The van der Waals surface area contributed by atoms with Gasteiger partial charge in [-0.05, 0) is 49.9 Å². The van der Waals surface area contributed by atoms with Crippen molar-refractivity contribution in [2.75, 3.05) is 18.9 Å². The molecule has 0 amide bonds. The minimum Gasteiger partial charge on any atom is -0.462 e. The Hall–Kier alpha value is -1.55. The Kier molecular flexibility index (Phi) is 6.22. The van der Waals surface area contributed by atoms with Crippen LogP contribution in [0.1, 0.15) is 41.6 Å². The number of anilines is 1. The molecule has 0 unspecified atom stereocenters. The highest BCUT2D eigenvalue weighted by molar-refractivity contribution is 5.91. The predicted molar refractivity (Wildman–Crippen MR) is 71.4 cm³/mol. The summed E-state index contributed by atoms with van der Waals surface area (Å²) < 4.78 is 5.19. The van der Waals surface area contributed by atoms with Crippen LogP contribution < -0.4 is 5.73 Å². The van der Waals surface area contributed by atoms with E-state index in [0.717, 1.165) is 31.2 Å². The van der Waals surface area contributed by atoms with Crippen molar-refractivity contribution >= 4 is 11.7 Å². The van der Waals surface area contributed by atoms with Gasteiger partial charge in [-0.2, -0.15) is 0 Å². The molecule has 1 rings (SSSR count). The number of unbranched alkanes of at least 4 members (excludes halogenated alkanes) is 3. The lowest BCUT2D eigenvalue weighted by Crippen LogP contribution is -2.08. The third-order valence-corrected chi connectivity index (χ3v) is 2.76. The number of aliphatic hydroxyl groups is 1. The van der Waals surface area contributed by atoms with E-state index in [-0.39, 0.29) is 12.6 Å². The summed E-state index contributed by atoms with van der Waals surface area (Å²) in [4.78, 5) is 11.8. The maximum atomic E-state index is 11.8. The minimum absolute atomic E-state index is 0.227. The lowest BCUT2D eigenvalue weighted by molar-refractivity contribution is 0.0496. The van der Waals surface area contributed by atoms with E-state index in [0.29, 0.717) is 17.9 Å². The number of benzene rings is 1. The molecule has 18 heavy (non-hydrogen) atoms. The fourth-order valence-electron chi connectivity index (χ4n) is 1.73. The first-order valence-electron chi connectivity index (χ1n) is 6.29. The van der Waals surface area contributed by atoms with Crippen molar-refractivity contribution < 1.29 is 14.6 Å². The molecule has 0 aliphatic carbocycles. The maximum Gasteiger partial charge on any atom is 0.338 e. The largest absolute Gasteiger partial charge is 0.462 e. The summed E-state index contributed by atoms with van der Waals surface area (Å²) in [5.74, 6) is -0.297. The van der Waals surface area contributed by atoms with E-state index in [9.17, 15) is 4.79 Å². The lowest BCUT2D eigenvalue weighted by Gasteiger charge is -2.07. The van der Waals surface area contributed by atoms with Gasteiger partial charge in [0.1, 0.15) is 0 Å². The second kappa shape index (κ2) is 7.71. The van der Waals surface area contributed by atoms with Crippen molar-refractivity contribution in [2.24, 2.45) is 0 Å². The van der Waals surface area contributed by atoms with Crippen molar-refractivity contribution in [3.8, 4) is 0 Å². The Morgan fingerprint density at radius 1 is 1.28 bits per heavy atom. The SMILES string of the molecule is Cc1cc(N)ccc1C(=O)OCCCCCCO. The van der Waals surface area contributed by atoms with E-state index in [1.165, 1.54) is 0 Å². The molecule has 0 radical (unpaired) electrons. The molecule has 4 heteroatoms. The van der Waals surface area contributed by atoms with Crippen LogP contribution in [0.3, 0.4) is 0 Å². The Bertz CT molecular complexity index is 391. The van der Waals surface area contributed by atoms with Gasteiger partial charge >= 0.3 is 5.97 Å². The molecule has 1 aromatic carbocycles. The molecule has 0 fully saturated rings. The van der Waals surface area contributed by atoms with Crippen LogP contribution in [0.2, 0.25) is 0 Å². The molecule has 0 aromatic heterocycles. The standard InChI is InChI=1S/C14H21NO3/c1-11-10-12(15)6-7-13(11)14(17)18-9-5-3-2-4-8-16/h6-7,10,16H,2-5,8-9,15H2,1H3. The van der Waals surface area contributed by atoms with Crippen molar-refractivity contribution in [1.82, 2.24) is 0 Å². The second-order valence-electron chi connectivity index (χ2n) is 4.35. The van der Waals surface area contributed by atoms with Crippen molar-refractivity contribution in [1.29, 1.82) is 0 Å². The number of ether oxygens (including phenoxy) is 1.